The van der Waals surface area contributed by atoms with Crippen LogP contribution in [0.15, 0.2) is 58.2 Å². The second-order valence-electron chi connectivity index (χ2n) is 5.78. The van der Waals surface area contributed by atoms with Crippen molar-refractivity contribution >= 4 is 33.5 Å². The number of hydrogen-bond acceptors (Lipinski definition) is 4. The number of benzene rings is 2. The van der Waals surface area contributed by atoms with Crippen LogP contribution in [-0.2, 0) is 0 Å². The van der Waals surface area contributed by atoms with Crippen molar-refractivity contribution in [2.24, 2.45) is 0 Å². The van der Waals surface area contributed by atoms with Crippen molar-refractivity contribution in [2.75, 3.05) is 0 Å². The SMILES string of the molecule is Cc1ccccc1-n1c(C)nnc1S[C@H](C)C(=O)c1ccc(Br)cc1. The van der Waals surface area contributed by atoms with Crippen LogP contribution in [0.25, 0.3) is 5.69 Å². The highest BCUT2D eigenvalue weighted by molar-refractivity contribution is 9.10. The Bertz CT molecular complexity index is 905. The van der Waals surface area contributed by atoms with Gasteiger partial charge in [0, 0.05) is 10.0 Å². The molecule has 0 aliphatic rings. The predicted molar refractivity (Wildman–Crippen MR) is 105 cm³/mol. The van der Waals surface area contributed by atoms with Gasteiger partial charge in [0.1, 0.15) is 5.82 Å². The van der Waals surface area contributed by atoms with Gasteiger partial charge in [0.15, 0.2) is 10.9 Å². The summed E-state index contributed by atoms with van der Waals surface area (Å²) in [4.78, 5) is 12.7. The molecule has 0 aliphatic carbocycles. The lowest BCUT2D eigenvalue weighted by molar-refractivity contribution is 0.0994. The molecule has 4 nitrogen and oxygen atoms in total. The summed E-state index contributed by atoms with van der Waals surface area (Å²) in [6, 6.07) is 15.5. The molecule has 1 aromatic heterocycles. The summed E-state index contributed by atoms with van der Waals surface area (Å²) >= 11 is 4.82. The molecule has 0 saturated heterocycles. The van der Waals surface area contributed by atoms with E-state index < -0.39 is 0 Å². The number of nitrogens with zero attached hydrogens (tertiary/aromatic N) is 3. The van der Waals surface area contributed by atoms with Gasteiger partial charge in [-0.25, -0.2) is 0 Å². The minimum absolute atomic E-state index is 0.0782. The van der Waals surface area contributed by atoms with Gasteiger partial charge < -0.3 is 0 Å². The average molecular weight is 416 g/mol. The molecule has 0 spiro atoms. The third-order valence-electron chi connectivity index (χ3n) is 3.93. The van der Waals surface area contributed by atoms with Crippen molar-refractivity contribution < 1.29 is 4.79 Å². The number of para-hydroxylation sites is 1. The van der Waals surface area contributed by atoms with Crippen LogP contribution in [0.1, 0.15) is 28.7 Å². The van der Waals surface area contributed by atoms with Crippen LogP contribution in [0, 0.1) is 13.8 Å². The zero-order chi connectivity index (χ0) is 18.0. The van der Waals surface area contributed by atoms with Gasteiger partial charge in [-0.2, -0.15) is 0 Å². The van der Waals surface area contributed by atoms with Crippen LogP contribution in [0.2, 0.25) is 0 Å². The van der Waals surface area contributed by atoms with E-state index in [9.17, 15) is 4.79 Å². The van der Waals surface area contributed by atoms with Gasteiger partial charge in [0.2, 0.25) is 0 Å². The van der Waals surface area contributed by atoms with Crippen LogP contribution in [0.4, 0.5) is 0 Å². The maximum atomic E-state index is 12.7. The van der Waals surface area contributed by atoms with Gasteiger partial charge in [0.25, 0.3) is 0 Å². The van der Waals surface area contributed by atoms with Gasteiger partial charge in [0.05, 0.1) is 10.9 Å². The van der Waals surface area contributed by atoms with E-state index in [2.05, 4.69) is 39.1 Å². The largest absolute Gasteiger partial charge is 0.293 e. The molecule has 25 heavy (non-hydrogen) atoms. The molecule has 128 valence electrons. The predicted octanol–water partition coefficient (Wildman–Crippen LogP) is 5.01. The summed E-state index contributed by atoms with van der Waals surface area (Å²) in [5.74, 6) is 0.884. The van der Waals surface area contributed by atoms with Crippen molar-refractivity contribution in [1.29, 1.82) is 0 Å². The van der Waals surface area contributed by atoms with Crippen LogP contribution in [0.5, 0.6) is 0 Å². The summed E-state index contributed by atoms with van der Waals surface area (Å²) in [6.07, 6.45) is 0. The molecule has 3 rings (SSSR count). The molecular formula is C19H18BrN3OS. The molecule has 1 heterocycles. The molecule has 0 unspecified atom stereocenters. The molecule has 1 atom stereocenters. The monoisotopic (exact) mass is 415 g/mol. The number of carbonyl (C=O) groups excluding carboxylic acids is 1. The molecule has 0 fully saturated rings. The molecule has 0 saturated carbocycles. The Hall–Kier alpha value is -1.92. The summed E-state index contributed by atoms with van der Waals surface area (Å²) in [7, 11) is 0. The fourth-order valence-corrected chi connectivity index (χ4v) is 3.82. The quantitative estimate of drug-likeness (QED) is 0.433. The van der Waals surface area contributed by atoms with Crippen LogP contribution in [0.3, 0.4) is 0 Å². The number of Topliss-reactive ketones (excluding diaryl/α,β-unsaturated/α-hetero) is 1. The smallest absolute Gasteiger partial charge is 0.196 e. The Morgan fingerprint density at radius 2 is 1.76 bits per heavy atom. The topological polar surface area (TPSA) is 47.8 Å². The Kier molecular flexibility index (Phi) is 5.39. The fraction of sp³-hybridized carbons (Fsp3) is 0.211. The van der Waals surface area contributed by atoms with Crippen LogP contribution in [-0.4, -0.2) is 25.8 Å². The van der Waals surface area contributed by atoms with Crippen molar-refractivity contribution in [1.82, 2.24) is 14.8 Å². The normalized spacial score (nSPS) is 12.2. The highest BCUT2D eigenvalue weighted by atomic mass is 79.9. The van der Waals surface area contributed by atoms with E-state index in [0.29, 0.717) is 5.56 Å². The van der Waals surface area contributed by atoms with Crippen molar-refractivity contribution in [3.63, 3.8) is 0 Å². The van der Waals surface area contributed by atoms with Crippen LogP contribution < -0.4 is 0 Å². The van der Waals surface area contributed by atoms with Crippen molar-refractivity contribution in [2.45, 2.75) is 31.2 Å². The van der Waals surface area contributed by atoms with E-state index in [1.165, 1.54) is 11.8 Å². The average Bonchev–Trinajstić information content (AvgIpc) is 2.96. The van der Waals surface area contributed by atoms with E-state index in [1.807, 2.05) is 60.9 Å². The first-order chi connectivity index (χ1) is 12.0. The van der Waals surface area contributed by atoms with Crippen molar-refractivity contribution in [3.05, 3.63) is 70.0 Å². The number of halogens is 1. The minimum atomic E-state index is -0.257. The lowest BCUT2D eigenvalue weighted by Crippen LogP contribution is -2.14. The van der Waals surface area contributed by atoms with Gasteiger partial charge >= 0.3 is 0 Å². The third-order valence-corrected chi connectivity index (χ3v) is 5.50. The molecule has 0 aliphatic heterocycles. The van der Waals surface area contributed by atoms with E-state index >= 15 is 0 Å². The number of rotatable bonds is 5. The maximum absolute atomic E-state index is 12.7. The molecule has 6 heteroatoms. The highest BCUT2D eigenvalue weighted by Crippen LogP contribution is 2.28. The maximum Gasteiger partial charge on any atom is 0.196 e. The van der Waals surface area contributed by atoms with E-state index in [1.54, 1.807) is 0 Å². The number of carbonyl (C=O) groups is 1. The van der Waals surface area contributed by atoms with Gasteiger partial charge in [-0.1, -0.05) is 58.0 Å². The Balaban J connectivity index is 1.88. The number of hydrogen-bond donors (Lipinski definition) is 0. The van der Waals surface area contributed by atoms with Gasteiger partial charge in [-0.05, 0) is 44.5 Å². The van der Waals surface area contributed by atoms with Gasteiger partial charge in [-0.3, -0.25) is 9.36 Å². The molecule has 0 amide bonds. The third kappa shape index (κ3) is 3.85. The molecule has 0 N–H and O–H groups in total. The zero-order valence-electron chi connectivity index (χ0n) is 14.2. The molecular weight excluding hydrogens is 398 g/mol. The van der Waals surface area contributed by atoms with Crippen LogP contribution >= 0.6 is 27.7 Å². The second kappa shape index (κ2) is 7.54. The standard InChI is InChI=1S/C19H18BrN3OS/c1-12-6-4-5-7-17(12)23-14(3)21-22-19(23)25-13(2)18(24)15-8-10-16(20)11-9-15/h4-11,13H,1-3H3/t13-/m1/s1. The minimum Gasteiger partial charge on any atom is -0.293 e. The summed E-state index contributed by atoms with van der Waals surface area (Å²) in [6.45, 7) is 5.88. The van der Waals surface area contributed by atoms with E-state index in [0.717, 1.165) is 26.7 Å². The van der Waals surface area contributed by atoms with Gasteiger partial charge in [-0.15, -0.1) is 10.2 Å². The molecule has 0 radical (unpaired) electrons. The zero-order valence-corrected chi connectivity index (χ0v) is 16.6. The number of aromatic nitrogens is 3. The lowest BCUT2D eigenvalue weighted by atomic mass is 10.1. The number of ketones is 1. The first kappa shape index (κ1) is 17.9. The Labute approximate surface area is 159 Å². The summed E-state index contributed by atoms with van der Waals surface area (Å²) in [5, 5.41) is 8.95. The van der Waals surface area contributed by atoms with E-state index in [4.69, 9.17) is 0 Å². The first-order valence-electron chi connectivity index (χ1n) is 7.92. The molecule has 2 aromatic carbocycles. The molecule has 0 bridgehead atoms. The number of aryl methyl sites for hydroxylation is 2. The fourth-order valence-electron chi connectivity index (χ4n) is 2.57. The Morgan fingerprint density at radius 3 is 2.44 bits per heavy atom. The summed E-state index contributed by atoms with van der Waals surface area (Å²) in [5.41, 5.74) is 2.87. The summed E-state index contributed by atoms with van der Waals surface area (Å²) < 4.78 is 2.96. The Morgan fingerprint density at radius 1 is 1.08 bits per heavy atom. The first-order valence-corrected chi connectivity index (χ1v) is 9.59. The highest BCUT2D eigenvalue weighted by Gasteiger charge is 2.21. The number of thioether (sulfide) groups is 1. The lowest BCUT2D eigenvalue weighted by Gasteiger charge is -2.14. The van der Waals surface area contributed by atoms with E-state index in [-0.39, 0.29) is 11.0 Å². The molecule has 3 aromatic rings. The second-order valence-corrected chi connectivity index (χ2v) is 8.01. The van der Waals surface area contributed by atoms with Crippen molar-refractivity contribution in [3.8, 4) is 5.69 Å².